The van der Waals surface area contributed by atoms with Gasteiger partial charge in [-0.2, -0.15) is 5.10 Å². The maximum atomic E-state index is 13.1. The Kier molecular flexibility index (Phi) is 4.20. The molecule has 8 heteroatoms. The van der Waals surface area contributed by atoms with Gasteiger partial charge in [0, 0.05) is 22.9 Å². The third kappa shape index (κ3) is 3.06. The highest BCUT2D eigenvalue weighted by Crippen LogP contribution is 2.36. The third-order valence-electron chi connectivity index (χ3n) is 5.35. The molecule has 1 atom stereocenters. The normalized spacial score (nSPS) is 16.7. The van der Waals surface area contributed by atoms with E-state index in [1.807, 2.05) is 38.1 Å². The molecule has 30 heavy (non-hydrogen) atoms. The minimum atomic E-state index is -0.753. The molecule has 0 radical (unpaired) electrons. The van der Waals surface area contributed by atoms with Crippen LogP contribution in [0.5, 0.6) is 11.5 Å². The number of amides is 2. The van der Waals surface area contributed by atoms with Crippen LogP contribution in [0.15, 0.2) is 42.5 Å². The van der Waals surface area contributed by atoms with Gasteiger partial charge < -0.3 is 20.1 Å². The smallest absolute Gasteiger partial charge is 0.249 e. The molecule has 3 aromatic rings. The van der Waals surface area contributed by atoms with Crippen LogP contribution in [0.25, 0.3) is 11.3 Å². The molecule has 2 aliphatic heterocycles. The molecule has 2 aliphatic rings. The molecule has 2 amide bonds. The van der Waals surface area contributed by atoms with Crippen LogP contribution in [0, 0.1) is 13.8 Å². The summed E-state index contributed by atoms with van der Waals surface area (Å²) in [5, 5.41) is 10.4. The number of hydrogen-bond donors (Lipinski definition) is 2. The van der Waals surface area contributed by atoms with Gasteiger partial charge in [0.1, 0.15) is 11.9 Å². The predicted octanol–water partition coefficient (Wildman–Crippen LogP) is 3.42. The average Bonchev–Trinajstić information content (AvgIpc) is 3.32. The van der Waals surface area contributed by atoms with Crippen molar-refractivity contribution < 1.29 is 19.1 Å². The maximum Gasteiger partial charge on any atom is 0.249 e. The van der Waals surface area contributed by atoms with Crippen molar-refractivity contribution in [2.75, 3.05) is 17.4 Å². The zero-order valence-electron chi connectivity index (χ0n) is 16.6. The van der Waals surface area contributed by atoms with E-state index >= 15 is 0 Å². The number of nitrogens with zero attached hydrogens (tertiary/aromatic N) is 2. The molecule has 1 aromatic heterocycles. The van der Waals surface area contributed by atoms with E-state index in [4.69, 9.17) is 9.47 Å². The second-order valence-corrected chi connectivity index (χ2v) is 7.46. The molecule has 5 rings (SSSR count). The summed E-state index contributed by atoms with van der Waals surface area (Å²) in [6.07, 6.45) is 0.0117. The van der Waals surface area contributed by atoms with Crippen molar-refractivity contribution in [3.63, 3.8) is 0 Å². The minimum absolute atomic E-state index is 0.0117. The third-order valence-corrected chi connectivity index (χ3v) is 5.35. The molecule has 2 aromatic carbocycles. The van der Waals surface area contributed by atoms with Crippen LogP contribution in [0.4, 0.5) is 11.5 Å². The van der Waals surface area contributed by atoms with E-state index in [1.165, 1.54) is 0 Å². The molecule has 0 fully saturated rings. The second kappa shape index (κ2) is 6.91. The topological polar surface area (TPSA) is 94.5 Å². The number of aryl methyl sites for hydroxylation is 1. The highest BCUT2D eigenvalue weighted by Gasteiger charge is 2.34. The maximum absolute atomic E-state index is 13.1. The van der Waals surface area contributed by atoms with Crippen molar-refractivity contribution in [1.82, 2.24) is 9.78 Å². The Bertz CT molecular complexity index is 1170. The molecule has 0 unspecified atom stereocenters. The molecular formula is C22H20N4O4. The Morgan fingerprint density at radius 2 is 1.90 bits per heavy atom. The van der Waals surface area contributed by atoms with Crippen molar-refractivity contribution in [2.24, 2.45) is 0 Å². The highest BCUT2D eigenvalue weighted by atomic mass is 16.7. The monoisotopic (exact) mass is 404 g/mol. The first kappa shape index (κ1) is 18.2. The van der Waals surface area contributed by atoms with Crippen molar-refractivity contribution in [2.45, 2.75) is 26.3 Å². The molecule has 0 saturated heterocycles. The van der Waals surface area contributed by atoms with Crippen LogP contribution in [-0.4, -0.2) is 28.4 Å². The van der Waals surface area contributed by atoms with Gasteiger partial charge >= 0.3 is 0 Å². The Morgan fingerprint density at radius 3 is 2.70 bits per heavy atom. The van der Waals surface area contributed by atoms with E-state index in [2.05, 4.69) is 15.7 Å². The van der Waals surface area contributed by atoms with Crippen LogP contribution in [0.2, 0.25) is 0 Å². The summed E-state index contributed by atoms with van der Waals surface area (Å²) >= 11 is 0. The molecule has 8 nitrogen and oxygen atoms in total. The first-order valence-corrected chi connectivity index (χ1v) is 9.66. The summed E-state index contributed by atoms with van der Waals surface area (Å²) in [4.78, 5) is 25.4. The Hall–Kier alpha value is -3.81. The van der Waals surface area contributed by atoms with Crippen LogP contribution < -0.4 is 20.1 Å². The van der Waals surface area contributed by atoms with E-state index in [-0.39, 0.29) is 25.0 Å². The standard InChI is InChI=1S/C22H20N4O4/c1-12-3-5-14(6-4-12)20-13(2)21-24-19(27)10-16(26(21)25-20)22(28)23-15-7-8-17-18(9-15)30-11-29-17/h3-9,16H,10-11H2,1-2H3,(H,23,28)(H,24,27)/t16-/m0/s1. The van der Waals surface area contributed by atoms with Gasteiger partial charge in [0.05, 0.1) is 12.1 Å². The summed E-state index contributed by atoms with van der Waals surface area (Å²) in [6, 6.07) is 12.4. The molecular weight excluding hydrogens is 384 g/mol. The first-order valence-electron chi connectivity index (χ1n) is 9.66. The van der Waals surface area contributed by atoms with E-state index in [0.29, 0.717) is 23.0 Å². The van der Waals surface area contributed by atoms with Gasteiger partial charge in [-0.3, -0.25) is 9.59 Å². The summed E-state index contributed by atoms with van der Waals surface area (Å²) in [6.45, 7) is 4.07. The fraction of sp³-hybridized carbons (Fsp3) is 0.227. The number of fused-ring (bicyclic) bond motifs is 2. The molecule has 0 spiro atoms. The van der Waals surface area contributed by atoms with E-state index in [1.54, 1.807) is 22.9 Å². The zero-order valence-corrected chi connectivity index (χ0v) is 16.6. The quantitative estimate of drug-likeness (QED) is 0.698. The van der Waals surface area contributed by atoms with Gasteiger partial charge in [-0.1, -0.05) is 29.8 Å². The molecule has 0 saturated carbocycles. The summed E-state index contributed by atoms with van der Waals surface area (Å²) < 4.78 is 12.3. The number of nitrogens with one attached hydrogen (secondary N) is 2. The lowest BCUT2D eigenvalue weighted by Gasteiger charge is -2.24. The summed E-state index contributed by atoms with van der Waals surface area (Å²) in [7, 11) is 0. The average molecular weight is 404 g/mol. The van der Waals surface area contributed by atoms with Crippen LogP contribution in [0.1, 0.15) is 23.6 Å². The summed E-state index contributed by atoms with van der Waals surface area (Å²) in [5.74, 6) is 1.23. The van der Waals surface area contributed by atoms with E-state index in [9.17, 15) is 9.59 Å². The van der Waals surface area contributed by atoms with Gasteiger partial charge in [0.15, 0.2) is 11.5 Å². The SMILES string of the molecule is Cc1ccc(-c2nn3c(c2C)NC(=O)C[C@H]3C(=O)Nc2ccc3c(c2)OCO3)cc1. The predicted molar refractivity (Wildman–Crippen MR) is 111 cm³/mol. The van der Waals surface area contributed by atoms with Gasteiger partial charge in [-0.15, -0.1) is 0 Å². The van der Waals surface area contributed by atoms with Gasteiger partial charge in [-0.05, 0) is 26.0 Å². The van der Waals surface area contributed by atoms with Gasteiger partial charge in [0.25, 0.3) is 0 Å². The largest absolute Gasteiger partial charge is 0.454 e. The lowest BCUT2D eigenvalue weighted by Crippen LogP contribution is -2.35. The lowest BCUT2D eigenvalue weighted by molar-refractivity contribution is -0.125. The Morgan fingerprint density at radius 1 is 1.13 bits per heavy atom. The van der Waals surface area contributed by atoms with Gasteiger partial charge in [0.2, 0.25) is 18.6 Å². The Labute approximate surface area is 172 Å². The lowest BCUT2D eigenvalue weighted by atomic mass is 10.1. The molecule has 0 bridgehead atoms. The number of benzene rings is 2. The van der Waals surface area contributed by atoms with Crippen molar-refractivity contribution >= 4 is 23.3 Å². The number of aromatic nitrogens is 2. The van der Waals surface area contributed by atoms with E-state index in [0.717, 1.165) is 22.4 Å². The van der Waals surface area contributed by atoms with E-state index < -0.39 is 6.04 Å². The van der Waals surface area contributed by atoms with Crippen molar-refractivity contribution in [3.05, 3.63) is 53.6 Å². The fourth-order valence-corrected chi connectivity index (χ4v) is 3.73. The molecule has 152 valence electrons. The van der Waals surface area contributed by atoms with Crippen LogP contribution in [0.3, 0.4) is 0 Å². The number of rotatable bonds is 3. The zero-order chi connectivity index (χ0) is 20.8. The fourth-order valence-electron chi connectivity index (χ4n) is 3.73. The number of carbonyl (C=O) groups is 2. The molecule has 3 heterocycles. The summed E-state index contributed by atoms with van der Waals surface area (Å²) in [5.41, 5.74) is 4.22. The number of anilines is 2. The van der Waals surface area contributed by atoms with Crippen molar-refractivity contribution in [3.8, 4) is 22.8 Å². The molecule has 0 aliphatic carbocycles. The highest BCUT2D eigenvalue weighted by molar-refractivity contribution is 6.02. The van der Waals surface area contributed by atoms with Gasteiger partial charge in [-0.25, -0.2) is 4.68 Å². The Balaban J connectivity index is 1.47. The van der Waals surface area contributed by atoms with Crippen LogP contribution in [-0.2, 0) is 9.59 Å². The number of ether oxygens (including phenoxy) is 2. The molecule has 2 N–H and O–H groups in total. The minimum Gasteiger partial charge on any atom is -0.454 e. The van der Waals surface area contributed by atoms with Crippen LogP contribution >= 0.6 is 0 Å². The van der Waals surface area contributed by atoms with Crippen molar-refractivity contribution in [1.29, 1.82) is 0 Å². The second-order valence-electron chi connectivity index (χ2n) is 7.46. The number of carbonyl (C=O) groups excluding carboxylic acids is 2. The number of hydrogen-bond acceptors (Lipinski definition) is 5. The first-order chi connectivity index (χ1) is 14.5.